The first-order valence-electron chi connectivity index (χ1n) is 13.7. The van der Waals surface area contributed by atoms with E-state index >= 15 is 0 Å². The van der Waals surface area contributed by atoms with Gasteiger partial charge in [-0.1, -0.05) is 160 Å². The van der Waals surface area contributed by atoms with Crippen molar-refractivity contribution >= 4 is 37.1 Å². The molecule has 0 nitrogen and oxygen atoms in total. The number of rotatable bonds is 6. The molecule has 0 amide bonds. The summed E-state index contributed by atoms with van der Waals surface area (Å²) in [6.07, 6.45) is 11.5. The molecule has 2 fully saturated rings. The van der Waals surface area contributed by atoms with Gasteiger partial charge in [0.15, 0.2) is 0 Å². The molecule has 3 heteroatoms. The van der Waals surface area contributed by atoms with Crippen LogP contribution in [0.15, 0.2) is 121 Å². The molecule has 0 spiro atoms. The van der Waals surface area contributed by atoms with Crippen molar-refractivity contribution in [2.24, 2.45) is 0 Å². The summed E-state index contributed by atoms with van der Waals surface area (Å²) in [7, 11) is -0.777. The van der Waals surface area contributed by atoms with Crippen LogP contribution in [0.4, 0.5) is 0 Å². The van der Waals surface area contributed by atoms with Crippen LogP contribution in [0.2, 0.25) is 0 Å². The van der Waals surface area contributed by atoms with Gasteiger partial charge in [0, 0.05) is 17.1 Å². The molecule has 0 bridgehead atoms. The molecule has 192 valence electrons. The third-order valence-electron chi connectivity index (χ3n) is 7.49. The second kappa shape index (κ2) is 15.0. The number of hydrogen-bond acceptors (Lipinski definition) is 0. The molecule has 0 N–H and O–H groups in total. The van der Waals surface area contributed by atoms with Crippen LogP contribution >= 0.6 is 15.8 Å². The Morgan fingerprint density at radius 1 is 0.351 bits per heavy atom. The maximum absolute atomic E-state index is 2.36. The molecule has 2 unspecified atom stereocenters. The maximum Gasteiger partial charge on any atom is 0 e. The predicted octanol–water partition coefficient (Wildman–Crippen LogP) is 8.12. The van der Waals surface area contributed by atoms with E-state index in [1.807, 2.05) is 0 Å². The number of hydrogen-bond donors (Lipinski definition) is 0. The summed E-state index contributed by atoms with van der Waals surface area (Å²) in [6, 6.07) is 45.2. The first-order valence-corrected chi connectivity index (χ1v) is 16.5. The van der Waals surface area contributed by atoms with E-state index in [1.165, 1.54) is 72.6 Å². The molecule has 2 saturated carbocycles. The zero-order chi connectivity index (χ0) is 24.4. The van der Waals surface area contributed by atoms with Crippen LogP contribution in [-0.4, -0.2) is 11.3 Å². The van der Waals surface area contributed by atoms with Crippen LogP contribution in [0.25, 0.3) is 0 Å². The Labute approximate surface area is 237 Å². The predicted molar refractivity (Wildman–Crippen MR) is 163 cm³/mol. The Kier molecular flexibility index (Phi) is 11.5. The van der Waals surface area contributed by atoms with Crippen LogP contribution in [0.5, 0.6) is 0 Å². The van der Waals surface area contributed by atoms with E-state index in [4.69, 9.17) is 0 Å². The van der Waals surface area contributed by atoms with Crippen LogP contribution in [0.1, 0.15) is 51.4 Å². The summed E-state index contributed by atoms with van der Waals surface area (Å²) < 4.78 is 0. The molecule has 2 aliphatic rings. The number of benzene rings is 4. The molecule has 0 heterocycles. The summed E-state index contributed by atoms with van der Waals surface area (Å²) in [5, 5.41) is 6.10. The average Bonchev–Trinajstić information content (AvgIpc) is 3.68. The second-order valence-electron chi connectivity index (χ2n) is 9.92. The van der Waals surface area contributed by atoms with Gasteiger partial charge in [-0.25, -0.2) is 0 Å². The summed E-state index contributed by atoms with van der Waals surface area (Å²) in [5.74, 6) is 0. The van der Waals surface area contributed by atoms with E-state index in [2.05, 4.69) is 121 Å². The van der Waals surface area contributed by atoms with Crippen LogP contribution in [0.3, 0.4) is 0 Å². The fraction of sp³-hybridized carbons (Fsp3) is 0.294. The molecule has 0 radical (unpaired) electrons. The van der Waals surface area contributed by atoms with Crippen LogP contribution in [-0.2, 0) is 17.1 Å². The van der Waals surface area contributed by atoms with Gasteiger partial charge in [0.1, 0.15) is 0 Å². The minimum atomic E-state index is -0.388. The van der Waals surface area contributed by atoms with Crippen molar-refractivity contribution in [2.75, 3.05) is 0 Å². The topological polar surface area (TPSA) is 0 Å². The van der Waals surface area contributed by atoms with E-state index in [-0.39, 0.29) is 32.9 Å². The SMILES string of the molecule is C1CCCC1.[Fe].c1ccc(P(c2ccccc2)C2CCCC2P(c2ccccc2)c2ccccc2)cc1. The van der Waals surface area contributed by atoms with Gasteiger partial charge >= 0.3 is 0 Å². The maximum atomic E-state index is 2.36. The van der Waals surface area contributed by atoms with Crippen molar-refractivity contribution in [1.29, 1.82) is 0 Å². The van der Waals surface area contributed by atoms with E-state index in [0.29, 0.717) is 11.3 Å². The minimum Gasteiger partial charge on any atom is -0.0622 e. The molecule has 4 aromatic rings. The first kappa shape index (κ1) is 28.3. The normalized spacial score (nSPS) is 18.8. The van der Waals surface area contributed by atoms with Crippen LogP contribution < -0.4 is 21.2 Å². The molecule has 2 atom stereocenters. The largest absolute Gasteiger partial charge is 0.0622 e. The van der Waals surface area contributed by atoms with E-state index in [1.54, 1.807) is 0 Å². The van der Waals surface area contributed by atoms with Gasteiger partial charge in [-0.05, 0) is 61.2 Å². The monoisotopic (exact) mass is 564 g/mol. The van der Waals surface area contributed by atoms with E-state index in [0.717, 1.165) is 0 Å². The van der Waals surface area contributed by atoms with Crippen molar-refractivity contribution in [1.82, 2.24) is 0 Å². The van der Waals surface area contributed by atoms with Gasteiger partial charge in [-0.3, -0.25) is 0 Å². The van der Waals surface area contributed by atoms with Crippen molar-refractivity contribution in [3.63, 3.8) is 0 Å². The van der Waals surface area contributed by atoms with Crippen molar-refractivity contribution in [3.8, 4) is 0 Å². The Bertz CT molecular complexity index is 972. The Morgan fingerprint density at radius 3 is 0.838 bits per heavy atom. The van der Waals surface area contributed by atoms with Gasteiger partial charge in [0.25, 0.3) is 0 Å². The summed E-state index contributed by atoms with van der Waals surface area (Å²) in [5.41, 5.74) is 1.43. The quantitative estimate of drug-likeness (QED) is 0.164. The van der Waals surface area contributed by atoms with Crippen molar-refractivity contribution < 1.29 is 17.1 Å². The standard InChI is InChI=1S/C29H28P2.C5H10.Fe/c1-5-14-24(15-6-1)30(25-16-7-2-8-17-25)28-22-13-23-29(28)31(26-18-9-3-10-19-26)27-20-11-4-12-21-27;1-2-4-5-3-1;/h1-12,14-21,28-29H,13,22-23H2;1-5H2;. The van der Waals surface area contributed by atoms with E-state index < -0.39 is 0 Å². The second-order valence-corrected chi connectivity index (χ2v) is 14.8. The summed E-state index contributed by atoms with van der Waals surface area (Å²) in [4.78, 5) is 0. The molecule has 0 aliphatic heterocycles. The third kappa shape index (κ3) is 7.43. The first-order chi connectivity index (χ1) is 17.9. The fourth-order valence-corrected chi connectivity index (χ4v) is 12.6. The Hall–Kier alpha value is -1.74. The molecule has 2 aliphatic carbocycles. The molecule has 37 heavy (non-hydrogen) atoms. The zero-order valence-electron chi connectivity index (χ0n) is 21.6. The fourth-order valence-electron chi connectivity index (χ4n) is 5.83. The molecule has 0 saturated heterocycles. The van der Waals surface area contributed by atoms with Crippen molar-refractivity contribution in [2.45, 2.75) is 62.7 Å². The van der Waals surface area contributed by atoms with E-state index in [9.17, 15) is 0 Å². The minimum absolute atomic E-state index is 0. The average molecular weight is 564 g/mol. The summed E-state index contributed by atoms with van der Waals surface area (Å²) in [6.45, 7) is 0. The van der Waals surface area contributed by atoms with Gasteiger partial charge in [-0.15, -0.1) is 0 Å². The Balaban J connectivity index is 0.000000479. The summed E-state index contributed by atoms with van der Waals surface area (Å²) >= 11 is 0. The zero-order valence-corrected chi connectivity index (χ0v) is 24.5. The molecule has 0 aromatic heterocycles. The van der Waals surface area contributed by atoms with Crippen LogP contribution in [0, 0.1) is 0 Å². The molecular weight excluding hydrogens is 526 g/mol. The van der Waals surface area contributed by atoms with Gasteiger partial charge < -0.3 is 0 Å². The smallest absolute Gasteiger partial charge is 0 e. The molecule has 6 rings (SSSR count). The molecule has 4 aromatic carbocycles. The van der Waals surface area contributed by atoms with Gasteiger partial charge in [-0.2, -0.15) is 0 Å². The molecular formula is C34H38FeP2. The Morgan fingerprint density at radius 2 is 0.595 bits per heavy atom. The van der Waals surface area contributed by atoms with Crippen molar-refractivity contribution in [3.05, 3.63) is 121 Å². The van der Waals surface area contributed by atoms with Gasteiger partial charge in [0.2, 0.25) is 0 Å². The third-order valence-corrected chi connectivity index (χ3v) is 13.7. The van der Waals surface area contributed by atoms with Gasteiger partial charge in [0.05, 0.1) is 0 Å².